The number of imide groups is 1. The van der Waals surface area contributed by atoms with Crippen LogP contribution in [0.3, 0.4) is 0 Å². The summed E-state index contributed by atoms with van der Waals surface area (Å²) in [6.45, 7) is 11.9. The van der Waals surface area contributed by atoms with Crippen molar-refractivity contribution in [1.29, 1.82) is 0 Å². The van der Waals surface area contributed by atoms with Crippen molar-refractivity contribution in [3.63, 3.8) is 0 Å². The SMILES string of the molecule is Cc1cc(Nc2ncc(Cl)c(Nc3ccccc3S(=O)(=O)C(C)C)n2)c(OC(C)C)cc1C1CCN(Cc2cncc(N3CCC(=O)NC3=O)n2)CC1. The van der Waals surface area contributed by atoms with E-state index >= 15 is 0 Å². The van der Waals surface area contributed by atoms with Crippen LogP contribution in [-0.4, -0.2) is 76.2 Å². The second-order valence-corrected chi connectivity index (χ2v) is 16.7. The highest BCUT2D eigenvalue weighted by Gasteiger charge is 2.28. The number of amides is 3. The number of halogens is 1. The van der Waals surface area contributed by atoms with Crippen LogP contribution in [0.2, 0.25) is 5.02 Å². The van der Waals surface area contributed by atoms with Gasteiger partial charge in [0.2, 0.25) is 11.9 Å². The molecular formula is C37H44ClN9O5S. The number of sulfone groups is 1. The molecule has 0 bridgehead atoms. The molecular weight excluding hydrogens is 718 g/mol. The molecule has 53 heavy (non-hydrogen) atoms. The molecule has 2 aliphatic rings. The molecule has 2 aromatic carbocycles. The van der Waals surface area contributed by atoms with Crippen LogP contribution in [0.1, 0.15) is 69.7 Å². The maximum absolute atomic E-state index is 13.0. The summed E-state index contributed by atoms with van der Waals surface area (Å²) in [4.78, 5) is 45.8. The molecule has 4 heterocycles. The highest BCUT2D eigenvalue weighted by molar-refractivity contribution is 7.92. The van der Waals surface area contributed by atoms with Crippen LogP contribution in [0.4, 0.5) is 33.8 Å². The first-order valence-electron chi connectivity index (χ1n) is 17.6. The molecule has 2 aromatic heterocycles. The van der Waals surface area contributed by atoms with Crippen molar-refractivity contribution in [2.45, 2.75) is 82.6 Å². The number of para-hydroxylation sites is 1. The Morgan fingerprint density at radius 2 is 1.74 bits per heavy atom. The fourth-order valence-corrected chi connectivity index (χ4v) is 7.78. The number of nitrogens with zero attached hydrogens (tertiary/aromatic N) is 6. The summed E-state index contributed by atoms with van der Waals surface area (Å²) in [6.07, 6.45) is 6.72. The molecule has 16 heteroatoms. The minimum Gasteiger partial charge on any atom is -0.489 e. The number of carbonyl (C=O) groups is 2. The van der Waals surface area contributed by atoms with E-state index in [1.807, 2.05) is 19.9 Å². The summed E-state index contributed by atoms with van der Waals surface area (Å²) in [6, 6.07) is 10.3. The van der Waals surface area contributed by atoms with E-state index in [0.29, 0.717) is 35.4 Å². The second-order valence-electron chi connectivity index (χ2n) is 13.8. The largest absolute Gasteiger partial charge is 0.489 e. The minimum atomic E-state index is -3.57. The van der Waals surface area contributed by atoms with Gasteiger partial charge in [-0.05, 0) is 102 Å². The number of aromatic nitrogens is 4. The zero-order valence-electron chi connectivity index (χ0n) is 30.4. The molecule has 4 aromatic rings. The Labute approximate surface area is 314 Å². The topological polar surface area (TPSA) is 172 Å². The van der Waals surface area contributed by atoms with Gasteiger partial charge in [-0.25, -0.2) is 23.2 Å². The van der Waals surface area contributed by atoms with Crippen LogP contribution < -0.4 is 25.6 Å². The van der Waals surface area contributed by atoms with Gasteiger partial charge < -0.3 is 15.4 Å². The first-order valence-corrected chi connectivity index (χ1v) is 19.6. The van der Waals surface area contributed by atoms with Gasteiger partial charge in [0, 0.05) is 25.7 Å². The number of piperidine rings is 1. The Morgan fingerprint density at radius 3 is 2.45 bits per heavy atom. The van der Waals surface area contributed by atoms with Crippen molar-refractivity contribution < 1.29 is 22.7 Å². The van der Waals surface area contributed by atoms with Gasteiger partial charge in [-0.2, -0.15) is 4.98 Å². The molecule has 0 aliphatic carbocycles. The van der Waals surface area contributed by atoms with Gasteiger partial charge in [0.1, 0.15) is 10.8 Å². The molecule has 0 saturated carbocycles. The van der Waals surface area contributed by atoms with E-state index in [-0.39, 0.29) is 46.7 Å². The number of hydrogen-bond acceptors (Lipinski definition) is 12. The summed E-state index contributed by atoms with van der Waals surface area (Å²) in [5.74, 6) is 1.64. The Balaban J connectivity index is 1.16. The lowest BCUT2D eigenvalue weighted by Gasteiger charge is -2.33. The van der Waals surface area contributed by atoms with Crippen LogP contribution in [-0.2, 0) is 21.2 Å². The molecule has 2 fully saturated rings. The standard InChI is InChI=1S/C37H44ClN9O5S/c1-22(2)52-31-17-27(25-10-13-46(14-11-25)21-26-18-39-20-33(41-26)47-15-12-34(48)44-37(47)49)24(5)16-30(31)43-36-40-19-28(38)35(45-36)42-29-8-6-7-9-32(29)53(50,51)23(3)4/h6-9,16-20,22-23,25H,10-15,21H2,1-5H3,(H,44,48,49)(H2,40,42,43,45). The van der Waals surface area contributed by atoms with E-state index in [1.165, 1.54) is 16.7 Å². The summed E-state index contributed by atoms with van der Waals surface area (Å²) in [7, 11) is -3.57. The number of likely N-dealkylation sites (tertiary alicyclic amines) is 1. The average Bonchev–Trinajstić information content (AvgIpc) is 3.11. The van der Waals surface area contributed by atoms with Crippen LogP contribution in [0, 0.1) is 6.92 Å². The number of carbonyl (C=O) groups excluding carboxylic acids is 2. The predicted octanol–water partition coefficient (Wildman–Crippen LogP) is 6.51. The molecule has 0 unspecified atom stereocenters. The van der Waals surface area contributed by atoms with Crippen LogP contribution >= 0.6 is 11.6 Å². The molecule has 0 radical (unpaired) electrons. The monoisotopic (exact) mass is 761 g/mol. The second kappa shape index (κ2) is 16.0. The van der Waals surface area contributed by atoms with Gasteiger partial charge in [-0.3, -0.25) is 24.9 Å². The zero-order valence-corrected chi connectivity index (χ0v) is 32.0. The fraction of sp³-hybridized carbons (Fsp3) is 0.405. The summed E-state index contributed by atoms with van der Waals surface area (Å²) in [5, 5.41) is 8.36. The number of rotatable bonds is 12. The number of aryl methyl sites for hydroxylation is 1. The maximum Gasteiger partial charge on any atom is 0.329 e. The lowest BCUT2D eigenvalue weighted by molar-refractivity contribution is -0.120. The Morgan fingerprint density at radius 1 is 0.981 bits per heavy atom. The Kier molecular flexibility index (Phi) is 11.5. The number of benzene rings is 2. The number of nitrogens with one attached hydrogen (secondary N) is 3. The first-order chi connectivity index (χ1) is 25.3. The summed E-state index contributed by atoms with van der Waals surface area (Å²) >= 11 is 6.49. The lowest BCUT2D eigenvalue weighted by atomic mass is 9.86. The zero-order chi connectivity index (χ0) is 37.9. The Hall–Kier alpha value is -4.86. The molecule has 14 nitrogen and oxygen atoms in total. The summed E-state index contributed by atoms with van der Waals surface area (Å²) in [5.41, 5.74) is 4.13. The van der Waals surface area contributed by atoms with Crippen molar-refractivity contribution >= 4 is 62.3 Å². The van der Waals surface area contributed by atoms with Crippen molar-refractivity contribution in [1.82, 2.24) is 30.2 Å². The Bertz CT molecular complexity index is 2110. The molecule has 3 N–H and O–H groups in total. The molecule has 0 atom stereocenters. The van der Waals surface area contributed by atoms with E-state index in [0.717, 1.165) is 37.2 Å². The van der Waals surface area contributed by atoms with Crippen molar-refractivity contribution in [2.24, 2.45) is 0 Å². The third-order valence-corrected chi connectivity index (χ3v) is 11.7. The molecule has 3 amide bonds. The van der Waals surface area contributed by atoms with Gasteiger partial charge in [0.25, 0.3) is 0 Å². The van der Waals surface area contributed by atoms with Crippen molar-refractivity contribution in [3.05, 3.63) is 76.8 Å². The van der Waals surface area contributed by atoms with Crippen LogP contribution in [0.5, 0.6) is 5.75 Å². The third kappa shape index (κ3) is 8.86. The van der Waals surface area contributed by atoms with Gasteiger partial charge in [-0.15, -0.1) is 0 Å². The van der Waals surface area contributed by atoms with Crippen LogP contribution in [0.15, 0.2) is 59.9 Å². The highest BCUT2D eigenvalue weighted by atomic mass is 35.5. The minimum absolute atomic E-state index is 0.0934. The number of anilines is 5. The van der Waals surface area contributed by atoms with E-state index in [2.05, 4.69) is 53.8 Å². The van der Waals surface area contributed by atoms with Crippen LogP contribution in [0.25, 0.3) is 0 Å². The molecule has 6 rings (SSSR count). The van der Waals surface area contributed by atoms with E-state index in [4.69, 9.17) is 16.3 Å². The average molecular weight is 762 g/mol. The molecule has 280 valence electrons. The smallest absolute Gasteiger partial charge is 0.329 e. The van der Waals surface area contributed by atoms with Crippen molar-refractivity contribution in [2.75, 3.05) is 35.2 Å². The first kappa shape index (κ1) is 37.9. The maximum atomic E-state index is 13.0. The van der Waals surface area contributed by atoms with Gasteiger partial charge in [-0.1, -0.05) is 23.7 Å². The number of hydrogen-bond donors (Lipinski definition) is 3. The van der Waals surface area contributed by atoms with Gasteiger partial charge in [0.05, 0.1) is 45.7 Å². The normalized spacial score (nSPS) is 15.9. The quantitative estimate of drug-likeness (QED) is 0.143. The highest BCUT2D eigenvalue weighted by Crippen LogP contribution is 2.39. The third-order valence-electron chi connectivity index (χ3n) is 9.20. The van der Waals surface area contributed by atoms with Crippen molar-refractivity contribution in [3.8, 4) is 5.75 Å². The molecule has 2 saturated heterocycles. The van der Waals surface area contributed by atoms with E-state index in [1.54, 1.807) is 50.5 Å². The summed E-state index contributed by atoms with van der Waals surface area (Å²) < 4.78 is 32.4. The van der Waals surface area contributed by atoms with E-state index < -0.39 is 21.1 Å². The van der Waals surface area contributed by atoms with Gasteiger partial charge >= 0.3 is 6.03 Å². The lowest BCUT2D eigenvalue weighted by Crippen LogP contribution is -2.50. The van der Waals surface area contributed by atoms with Gasteiger partial charge in [0.15, 0.2) is 21.5 Å². The molecule has 2 aliphatic heterocycles. The molecule has 0 spiro atoms. The predicted molar refractivity (Wildman–Crippen MR) is 204 cm³/mol. The van der Waals surface area contributed by atoms with E-state index in [9.17, 15) is 18.0 Å². The number of urea groups is 1. The fourth-order valence-electron chi connectivity index (χ4n) is 6.44. The number of ether oxygens (including phenoxy) is 1.